The lowest BCUT2D eigenvalue weighted by atomic mass is 10.1. The highest BCUT2D eigenvalue weighted by Crippen LogP contribution is 2.27. The van der Waals surface area contributed by atoms with Crippen molar-refractivity contribution >= 4 is 28.5 Å². The number of hydrogen-bond acceptors (Lipinski definition) is 7. The van der Waals surface area contributed by atoms with E-state index in [9.17, 15) is 14.4 Å². The van der Waals surface area contributed by atoms with Gasteiger partial charge in [0, 0.05) is 68.2 Å². The summed E-state index contributed by atoms with van der Waals surface area (Å²) in [4.78, 5) is 62.0. The molecule has 1 atom stereocenters. The van der Waals surface area contributed by atoms with E-state index in [-0.39, 0.29) is 30.6 Å². The van der Waals surface area contributed by atoms with Crippen LogP contribution in [0.5, 0.6) is 0 Å². The number of hydrogen-bond donors (Lipinski definition) is 1. The van der Waals surface area contributed by atoms with Crippen LogP contribution < -0.4 is 0 Å². The Balaban J connectivity index is 1.34. The number of rotatable bonds is 4. The number of ketones is 1. The molecule has 34 heavy (non-hydrogen) atoms. The van der Waals surface area contributed by atoms with Crippen LogP contribution in [0.2, 0.25) is 0 Å². The van der Waals surface area contributed by atoms with Crippen LogP contribution in [-0.4, -0.2) is 78.0 Å². The number of pyridine rings is 2. The molecule has 2 amide bonds. The van der Waals surface area contributed by atoms with Gasteiger partial charge < -0.3 is 14.8 Å². The van der Waals surface area contributed by atoms with Crippen LogP contribution in [0.4, 0.5) is 0 Å². The van der Waals surface area contributed by atoms with Crippen molar-refractivity contribution in [3.05, 3.63) is 72.7 Å². The first kappa shape index (κ1) is 21.4. The van der Waals surface area contributed by atoms with E-state index in [0.29, 0.717) is 34.4 Å². The number of fused-ring (bicyclic) bond motifs is 1. The molecule has 10 nitrogen and oxygen atoms in total. The van der Waals surface area contributed by atoms with Crippen molar-refractivity contribution in [2.75, 3.05) is 19.6 Å². The number of aromatic amines is 1. The Morgan fingerprint density at radius 1 is 1.00 bits per heavy atom. The lowest BCUT2D eigenvalue weighted by molar-refractivity contribution is -0.128. The average molecular weight is 455 g/mol. The van der Waals surface area contributed by atoms with Crippen molar-refractivity contribution in [3.8, 4) is 11.4 Å². The van der Waals surface area contributed by atoms with Crippen molar-refractivity contribution in [2.45, 2.75) is 13.0 Å². The Bertz CT molecular complexity index is 1370. The van der Waals surface area contributed by atoms with Crippen LogP contribution in [0.1, 0.15) is 27.6 Å². The van der Waals surface area contributed by atoms with Gasteiger partial charge in [-0.25, -0.2) is 0 Å². The van der Waals surface area contributed by atoms with Crippen LogP contribution in [0.25, 0.3) is 22.3 Å². The van der Waals surface area contributed by atoms with Crippen molar-refractivity contribution < 1.29 is 14.4 Å². The molecule has 0 unspecified atom stereocenters. The van der Waals surface area contributed by atoms with E-state index in [2.05, 4.69) is 24.9 Å². The van der Waals surface area contributed by atoms with Gasteiger partial charge in [-0.3, -0.25) is 34.3 Å². The minimum Gasteiger partial charge on any atom is -0.359 e. The van der Waals surface area contributed by atoms with Crippen LogP contribution in [0.15, 0.2) is 61.6 Å². The second kappa shape index (κ2) is 8.81. The second-order valence-corrected chi connectivity index (χ2v) is 8.04. The molecule has 0 bridgehead atoms. The number of nitrogens with one attached hydrogen (secondary N) is 1. The summed E-state index contributed by atoms with van der Waals surface area (Å²) in [6, 6.07) is 4.88. The van der Waals surface area contributed by atoms with Crippen molar-refractivity contribution in [3.63, 3.8) is 0 Å². The fourth-order valence-electron chi connectivity index (χ4n) is 4.22. The van der Waals surface area contributed by atoms with E-state index < -0.39 is 11.7 Å². The lowest BCUT2D eigenvalue weighted by Crippen LogP contribution is -2.56. The molecule has 4 aromatic rings. The van der Waals surface area contributed by atoms with E-state index in [1.165, 1.54) is 17.3 Å². The van der Waals surface area contributed by atoms with Gasteiger partial charge in [0.2, 0.25) is 0 Å². The summed E-state index contributed by atoms with van der Waals surface area (Å²) >= 11 is 0. The normalized spacial score (nSPS) is 16.0. The SMILES string of the molecule is C[C@@H]1CN(C(=O)C(=O)c2c[nH]c3c(-c4cnccn4)nccc23)CCN1C(=O)c1cccnc1. The topological polar surface area (TPSA) is 125 Å². The van der Waals surface area contributed by atoms with Crippen molar-refractivity contribution in [1.82, 2.24) is 34.7 Å². The number of amides is 2. The summed E-state index contributed by atoms with van der Waals surface area (Å²) < 4.78 is 0. The van der Waals surface area contributed by atoms with Gasteiger partial charge in [-0.1, -0.05) is 0 Å². The Kier molecular flexibility index (Phi) is 5.54. The summed E-state index contributed by atoms with van der Waals surface area (Å²) in [7, 11) is 0. The van der Waals surface area contributed by atoms with E-state index in [4.69, 9.17) is 0 Å². The molecule has 1 fully saturated rings. The molecule has 0 aliphatic carbocycles. The van der Waals surface area contributed by atoms with E-state index >= 15 is 0 Å². The fraction of sp³-hybridized carbons (Fsp3) is 0.208. The zero-order valence-corrected chi connectivity index (χ0v) is 18.4. The second-order valence-electron chi connectivity index (χ2n) is 8.04. The van der Waals surface area contributed by atoms with Crippen LogP contribution in [-0.2, 0) is 4.79 Å². The summed E-state index contributed by atoms with van der Waals surface area (Å²) in [5.41, 5.74) is 2.49. The Labute approximate surface area is 194 Å². The van der Waals surface area contributed by atoms with Crippen LogP contribution in [0.3, 0.4) is 0 Å². The zero-order chi connectivity index (χ0) is 23.7. The molecule has 0 spiro atoms. The molecule has 1 aliphatic rings. The molecular weight excluding hydrogens is 434 g/mol. The summed E-state index contributed by atoms with van der Waals surface area (Å²) in [6.07, 6.45) is 11.0. The van der Waals surface area contributed by atoms with Gasteiger partial charge in [-0.15, -0.1) is 0 Å². The van der Waals surface area contributed by atoms with Crippen molar-refractivity contribution in [1.29, 1.82) is 0 Å². The zero-order valence-electron chi connectivity index (χ0n) is 18.4. The van der Waals surface area contributed by atoms with Gasteiger partial charge in [0.15, 0.2) is 0 Å². The third-order valence-corrected chi connectivity index (χ3v) is 5.93. The van der Waals surface area contributed by atoms with Crippen LogP contribution >= 0.6 is 0 Å². The van der Waals surface area contributed by atoms with Gasteiger partial charge in [0.05, 0.1) is 22.8 Å². The van der Waals surface area contributed by atoms with Gasteiger partial charge in [0.25, 0.3) is 17.6 Å². The number of Topliss-reactive ketones (excluding diaryl/α,β-unsaturated/α-hetero) is 1. The van der Waals surface area contributed by atoms with Gasteiger partial charge in [-0.05, 0) is 25.1 Å². The number of H-pyrrole nitrogens is 1. The van der Waals surface area contributed by atoms with Gasteiger partial charge in [-0.2, -0.15) is 0 Å². The highest BCUT2D eigenvalue weighted by molar-refractivity contribution is 6.45. The van der Waals surface area contributed by atoms with E-state index in [0.717, 1.165) is 0 Å². The molecule has 1 aliphatic heterocycles. The lowest BCUT2D eigenvalue weighted by Gasteiger charge is -2.39. The smallest absolute Gasteiger partial charge is 0.295 e. The molecule has 10 heteroatoms. The van der Waals surface area contributed by atoms with E-state index in [1.807, 2.05) is 6.92 Å². The molecular formula is C24H21N7O3. The maximum absolute atomic E-state index is 13.2. The van der Waals surface area contributed by atoms with E-state index in [1.54, 1.807) is 54.1 Å². The monoisotopic (exact) mass is 455 g/mol. The molecule has 0 radical (unpaired) electrons. The molecule has 0 saturated carbocycles. The summed E-state index contributed by atoms with van der Waals surface area (Å²) in [5, 5.41) is 0.590. The first-order valence-corrected chi connectivity index (χ1v) is 10.8. The Morgan fingerprint density at radius 3 is 2.59 bits per heavy atom. The summed E-state index contributed by atoms with van der Waals surface area (Å²) in [6.45, 7) is 2.74. The third kappa shape index (κ3) is 3.79. The Hall–Kier alpha value is -4.47. The summed E-state index contributed by atoms with van der Waals surface area (Å²) in [5.74, 6) is -1.35. The molecule has 0 aromatic carbocycles. The fourth-order valence-corrected chi connectivity index (χ4v) is 4.22. The number of piperazine rings is 1. The predicted octanol–water partition coefficient (Wildman–Crippen LogP) is 1.97. The minimum atomic E-state index is -0.609. The maximum Gasteiger partial charge on any atom is 0.295 e. The van der Waals surface area contributed by atoms with Crippen molar-refractivity contribution in [2.24, 2.45) is 0 Å². The predicted molar refractivity (Wildman–Crippen MR) is 123 cm³/mol. The van der Waals surface area contributed by atoms with Crippen LogP contribution in [0, 0.1) is 0 Å². The highest BCUT2D eigenvalue weighted by atomic mass is 16.2. The minimum absolute atomic E-state index is 0.139. The standard InChI is InChI=1S/C24H21N7O3/c1-15-14-30(9-10-31(15)23(33)16-3-2-5-25-11-16)24(34)22(32)18-12-29-20-17(18)4-6-28-21(20)19-13-26-7-8-27-19/h2-8,11-13,15,29H,9-10,14H2,1H3/t15-/m1/s1. The molecule has 1 N–H and O–H groups in total. The maximum atomic E-state index is 13.2. The number of nitrogens with zero attached hydrogens (tertiary/aromatic N) is 6. The number of carbonyl (C=O) groups excluding carboxylic acids is 3. The molecule has 5 rings (SSSR count). The average Bonchev–Trinajstić information content (AvgIpc) is 3.33. The first-order chi connectivity index (χ1) is 16.5. The quantitative estimate of drug-likeness (QED) is 0.368. The number of carbonyl (C=O) groups is 3. The molecule has 4 aromatic heterocycles. The molecule has 170 valence electrons. The molecule has 1 saturated heterocycles. The highest BCUT2D eigenvalue weighted by Gasteiger charge is 2.34. The number of aromatic nitrogens is 5. The molecule has 5 heterocycles. The largest absolute Gasteiger partial charge is 0.359 e. The van der Waals surface area contributed by atoms with Gasteiger partial charge in [0.1, 0.15) is 11.4 Å². The Morgan fingerprint density at radius 2 is 1.85 bits per heavy atom. The third-order valence-electron chi connectivity index (χ3n) is 5.93. The first-order valence-electron chi connectivity index (χ1n) is 10.8. The van der Waals surface area contributed by atoms with Gasteiger partial charge >= 0.3 is 0 Å².